The zero-order valence-corrected chi connectivity index (χ0v) is 66.6. The van der Waals surface area contributed by atoms with Crippen LogP contribution in [0, 0.1) is 18.5 Å². The van der Waals surface area contributed by atoms with Crippen molar-refractivity contribution in [2.24, 2.45) is 0 Å². The molecule has 3 heterocycles. The van der Waals surface area contributed by atoms with Gasteiger partial charge >= 0.3 is 0 Å². The van der Waals surface area contributed by atoms with Crippen LogP contribution in [-0.4, -0.2) is 14.1 Å². The number of rotatable bonds is 9. The number of imidazole rings is 1. The Hall–Kier alpha value is -8.11. The summed E-state index contributed by atoms with van der Waals surface area (Å²) in [6, 6.07) is 31.9. The molecule has 6 heteroatoms. The molecule has 5 nitrogen and oxygen atoms in total. The van der Waals surface area contributed by atoms with Gasteiger partial charge in [-0.05, 0) is 277 Å². The van der Waals surface area contributed by atoms with E-state index < -0.39 is 199 Å². The summed E-state index contributed by atoms with van der Waals surface area (Å²) >= 11 is 0. The van der Waals surface area contributed by atoms with Crippen LogP contribution in [0.1, 0.15) is 335 Å². The van der Waals surface area contributed by atoms with Crippen molar-refractivity contribution in [3.8, 4) is 73.2 Å². The average Bonchev–Trinajstić information content (AvgIpc) is 1.04. The van der Waals surface area contributed by atoms with E-state index in [1.807, 2.05) is 22.8 Å². The number of benzene rings is 9. The average molecular weight is 1670 g/mol. The summed E-state index contributed by atoms with van der Waals surface area (Å²) in [6.45, 7) is -7.95. The van der Waals surface area contributed by atoms with Gasteiger partial charge in [0.1, 0.15) is 5.82 Å². The van der Waals surface area contributed by atoms with Crippen LogP contribution in [-0.2, 0) is 80.6 Å². The van der Waals surface area contributed by atoms with Gasteiger partial charge in [0.25, 0.3) is 6.33 Å². The largest absolute Gasteiger partial charge is 0.510 e. The second-order valence-corrected chi connectivity index (χ2v) is 36.0. The minimum absolute atomic E-state index is 0. The Morgan fingerprint density at radius 3 is 1.43 bits per heavy atom. The molecule has 568 valence electrons. The molecule has 12 aromatic rings. The molecule has 110 heavy (non-hydrogen) atoms. The molecule has 0 radical (unpaired) electrons. The van der Waals surface area contributed by atoms with E-state index in [9.17, 15) is 35.6 Å². The minimum atomic E-state index is -4.90. The predicted octanol–water partition coefficient (Wildman–Crippen LogP) is 27.1. The van der Waals surface area contributed by atoms with E-state index in [0.29, 0.717) is 22.5 Å². The molecule has 0 saturated heterocycles. The molecular weight excluding hydrogens is 1520 g/mol. The van der Waals surface area contributed by atoms with Crippen LogP contribution in [0.15, 0.2) is 164 Å². The molecule has 0 atom stereocenters. The summed E-state index contributed by atoms with van der Waals surface area (Å²) in [5.41, 5.74) is -21.2. The van der Waals surface area contributed by atoms with Crippen LogP contribution in [0.5, 0.6) is 11.5 Å². The fourth-order valence-corrected chi connectivity index (χ4v) is 18.5. The Balaban J connectivity index is 0.0000149. The first-order valence-corrected chi connectivity index (χ1v) is 37.9. The molecule has 3 aromatic heterocycles. The zero-order chi connectivity index (χ0) is 109. The van der Waals surface area contributed by atoms with Crippen molar-refractivity contribution >= 4 is 32.8 Å². The molecule has 6 aliphatic rings. The normalized spacial score (nSPS) is 27.9. The maximum atomic E-state index is 10.8. The van der Waals surface area contributed by atoms with Gasteiger partial charge in [0, 0.05) is 88.1 Å². The van der Waals surface area contributed by atoms with E-state index >= 15 is 0 Å². The summed E-state index contributed by atoms with van der Waals surface area (Å²) in [5, 5.41) is 1.64. The number of aromatic nitrogens is 4. The number of nitrogens with zero attached hydrogens (tertiary/aromatic N) is 4. The van der Waals surface area contributed by atoms with E-state index in [0.717, 1.165) is 124 Å². The van der Waals surface area contributed by atoms with Crippen molar-refractivity contribution in [1.29, 1.82) is 0 Å². The predicted molar refractivity (Wildman–Crippen MR) is 455 cm³/mol. The third kappa shape index (κ3) is 11.9. The Bertz CT molecular complexity index is 7260. The first-order valence-electron chi connectivity index (χ1n) is 56.9. The van der Waals surface area contributed by atoms with E-state index in [-0.39, 0.29) is 76.4 Å². The summed E-state index contributed by atoms with van der Waals surface area (Å²) in [5.74, 6) is 0.675. The molecule has 0 fully saturated rings. The Morgan fingerprint density at radius 2 is 0.927 bits per heavy atom. The van der Waals surface area contributed by atoms with Gasteiger partial charge in [0.2, 0.25) is 0 Å². The summed E-state index contributed by atoms with van der Waals surface area (Å²) in [7, 11) is 0. The molecule has 0 bridgehead atoms. The summed E-state index contributed by atoms with van der Waals surface area (Å²) in [6.07, 6.45) is -6.99. The van der Waals surface area contributed by atoms with Crippen LogP contribution in [0.4, 0.5) is 0 Å². The first-order chi connectivity index (χ1) is 66.8. The third-order valence-corrected chi connectivity index (χ3v) is 25.4. The second-order valence-electron chi connectivity index (χ2n) is 36.0. The number of para-hydroxylation sites is 1. The topological polar surface area (TPSA) is 35.9 Å². The van der Waals surface area contributed by atoms with E-state index in [1.54, 1.807) is 42.6 Å². The van der Waals surface area contributed by atoms with Gasteiger partial charge in [-0.1, -0.05) is 253 Å². The van der Waals surface area contributed by atoms with Crippen molar-refractivity contribution in [2.75, 3.05) is 0 Å². The van der Waals surface area contributed by atoms with Crippen molar-refractivity contribution < 1.29 is 82.5 Å². The van der Waals surface area contributed by atoms with Gasteiger partial charge in [-0.15, -0.1) is 29.7 Å². The maximum Gasteiger partial charge on any atom is 0.268 e. The Kier molecular flexibility index (Phi) is 9.68. The van der Waals surface area contributed by atoms with Crippen molar-refractivity contribution in [2.45, 2.75) is 281 Å². The SMILES string of the molecule is [2H]c1c([2H])c2c(c([2H])c1-c1cccc(-c3c([2H])c([2H])c4c(c3[2H])C(C([2H])([2H])[2H])(C([2H])([2H])[2H])C([2H])([2H])C([2H])([2H])C4(C([2H])([2H])[2H])C([2H])([2H])[2H])c1-[n+]1[c-]n(-c3[c-]c(Oc4[c-]c5c(cc4)c4cc(-c6cc7c8c(c6)C(C)(C)CCC8(C)CCC7(C)C)ccc4n5-c4cc(C(C)(C)C)ccn4)ccc3)c3ccc(-c4cc5c6c(c4)C(C)(C)CCC6(C)CCC5(C)C)cc31)C(C([2H])([2H])[2H])(C([2H])([2H])[2H])C([2H])([2H])C([2H])([2H])C2(C([2H])([2H])[2H])C([2H])([2H])[2H].[Pt]. The number of hydrogen-bond acceptors (Lipinski definition) is 2. The van der Waals surface area contributed by atoms with E-state index in [1.165, 1.54) is 27.3 Å². The van der Waals surface area contributed by atoms with E-state index in [2.05, 4.69) is 151 Å². The molecule has 6 aliphatic carbocycles. The second kappa shape index (κ2) is 24.9. The van der Waals surface area contributed by atoms with Gasteiger partial charge in [-0.2, -0.15) is 18.2 Å². The van der Waals surface area contributed by atoms with Crippen LogP contribution < -0.4 is 9.30 Å². The molecule has 0 amide bonds. The molecule has 9 aromatic carbocycles. The Morgan fingerprint density at radius 1 is 0.455 bits per heavy atom. The summed E-state index contributed by atoms with van der Waals surface area (Å²) in [4.78, 5) is 5.01. The number of ether oxygens (including phenoxy) is 1. The molecule has 0 aliphatic heterocycles. The van der Waals surface area contributed by atoms with Crippen LogP contribution in [0.3, 0.4) is 0 Å². The number of fused-ring (bicyclic) bond motifs is 6. The van der Waals surface area contributed by atoms with Gasteiger partial charge in [-0.25, -0.2) is 4.98 Å². The van der Waals surface area contributed by atoms with Crippen molar-refractivity contribution in [1.82, 2.24) is 14.1 Å². The van der Waals surface area contributed by atoms with Gasteiger partial charge < -0.3 is 13.9 Å². The maximum absolute atomic E-state index is 10.8. The first kappa shape index (κ1) is 42.7. The molecule has 0 saturated carbocycles. The van der Waals surface area contributed by atoms with Crippen molar-refractivity contribution in [3.05, 3.63) is 243 Å². The Labute approximate surface area is 724 Å². The third-order valence-electron chi connectivity index (χ3n) is 25.4. The fraction of sp³-hybridized carbons (Fsp3) is 0.423. The smallest absolute Gasteiger partial charge is 0.268 e. The number of hydrogen-bond donors (Lipinski definition) is 0. The van der Waals surface area contributed by atoms with E-state index in [4.69, 9.17) is 26.2 Å². The van der Waals surface area contributed by atoms with Crippen molar-refractivity contribution in [3.63, 3.8) is 0 Å². The molecular formula is C104H114N4OPt-2. The fourth-order valence-electron chi connectivity index (χ4n) is 18.5. The molecule has 0 unspecified atom stereocenters. The van der Waals surface area contributed by atoms with Crippen LogP contribution in [0.2, 0.25) is 0 Å². The minimum Gasteiger partial charge on any atom is -0.510 e. The van der Waals surface area contributed by atoms with Gasteiger partial charge in [0.15, 0.2) is 0 Å². The molecule has 0 spiro atoms. The standard InChI is InChI=1S/C104H114N4O.Pt/c1-94(2,3)70-38-51-105-90(60-70)108-86-36-30-64(68-55-82-91-83(56-68)100(14,15)44-48-103(91,20)47-43-99(82,12)13)52-77(86)76-33-32-73(62-88(76)108)109-72-25-22-24-71(61-72)106-63-107(89-59-65(31-37-87(89)106)69-57-84-92-85(58-69)102(18,19)46-50-104(92,21)49-45-101(84,16)17)93-74(66-28-34-78-80(53-66)97(8,9)41-39-95(78,4)5)26-23-27-75(93)67-29-35-79-81(54-67)98(10,11)42-40-96(79,6)7;/h22-38,51-60H,39-50H2,1-21H3;/q-2;/i4D3,5D3,6D3,7D3,8D3,9D3,10D3,11D3,28D,29D,34D,35D,39D2,40D2,41D2,42D2,53D,54D;. The summed E-state index contributed by atoms with van der Waals surface area (Å²) < 4.78 is 376. The quantitative estimate of drug-likeness (QED) is 0.107. The van der Waals surface area contributed by atoms with Gasteiger partial charge in [0.05, 0.1) is 24.9 Å². The molecule has 18 rings (SSSR count). The van der Waals surface area contributed by atoms with Gasteiger partial charge in [-0.3, -0.25) is 4.57 Å². The number of pyridine rings is 1. The van der Waals surface area contributed by atoms with Crippen LogP contribution >= 0.6 is 0 Å². The zero-order valence-electron chi connectivity index (χ0n) is 102. The van der Waals surface area contributed by atoms with Crippen LogP contribution in [0.25, 0.3) is 94.5 Å². The monoisotopic (exact) mass is 1670 g/mol. The molecule has 0 N–H and O–H groups in total.